The van der Waals surface area contributed by atoms with Gasteiger partial charge in [0.1, 0.15) is 13.1 Å². The van der Waals surface area contributed by atoms with E-state index in [0.717, 1.165) is 25.9 Å². The van der Waals surface area contributed by atoms with Crippen LogP contribution in [0.2, 0.25) is 0 Å². The first kappa shape index (κ1) is 19.2. The van der Waals surface area contributed by atoms with Gasteiger partial charge in [0.2, 0.25) is 11.4 Å². The summed E-state index contributed by atoms with van der Waals surface area (Å²) in [5.41, 5.74) is 11.0. The highest BCUT2D eigenvalue weighted by Crippen LogP contribution is 2.38. The number of nitrogens with zero attached hydrogens (tertiary/aromatic N) is 2. The minimum atomic E-state index is 1.07. The van der Waals surface area contributed by atoms with E-state index in [0.29, 0.717) is 0 Å². The van der Waals surface area contributed by atoms with Crippen molar-refractivity contribution < 1.29 is 9.13 Å². The van der Waals surface area contributed by atoms with Gasteiger partial charge in [-0.15, -0.1) is 0 Å². The second-order valence-corrected chi connectivity index (χ2v) is 8.90. The predicted octanol–water partition coefficient (Wildman–Crippen LogP) is 5.66. The summed E-state index contributed by atoms with van der Waals surface area (Å²) in [7, 11) is 0. The van der Waals surface area contributed by atoms with E-state index in [9.17, 15) is 0 Å². The normalized spacial score (nSPS) is 14.6. The Morgan fingerprint density at radius 1 is 0.562 bits per heavy atom. The topological polar surface area (TPSA) is 7.76 Å². The van der Waals surface area contributed by atoms with Gasteiger partial charge in [0.15, 0.2) is 12.4 Å². The summed E-state index contributed by atoms with van der Waals surface area (Å²) < 4.78 is 4.91. The number of benzene rings is 2. The van der Waals surface area contributed by atoms with Gasteiger partial charge in [0, 0.05) is 37.1 Å². The minimum Gasteiger partial charge on any atom is -0.198 e. The van der Waals surface area contributed by atoms with Crippen LogP contribution in [0, 0.1) is 0 Å². The fourth-order valence-corrected chi connectivity index (χ4v) is 5.28. The molecule has 0 atom stereocenters. The Balaban J connectivity index is 1.55. The van der Waals surface area contributed by atoms with Crippen LogP contribution < -0.4 is 9.13 Å². The lowest BCUT2D eigenvalue weighted by molar-refractivity contribution is -0.687. The summed E-state index contributed by atoms with van der Waals surface area (Å²) >= 11 is 0. The fraction of sp³-hybridized carbons (Fsp3) is 0.200. The maximum Gasteiger partial charge on any atom is 0.214 e. The van der Waals surface area contributed by atoms with E-state index in [1.807, 2.05) is 0 Å². The largest absolute Gasteiger partial charge is 0.214 e. The predicted molar refractivity (Wildman–Crippen MR) is 130 cm³/mol. The monoisotopic (exact) mass is 416 g/mol. The Morgan fingerprint density at radius 2 is 1.22 bits per heavy atom. The molecule has 0 N–H and O–H groups in total. The van der Waals surface area contributed by atoms with Gasteiger partial charge in [-0.3, -0.25) is 0 Å². The van der Waals surface area contributed by atoms with Crippen LogP contribution in [0.25, 0.3) is 34.7 Å². The van der Waals surface area contributed by atoms with Crippen molar-refractivity contribution in [1.29, 1.82) is 0 Å². The van der Waals surface area contributed by atoms with Gasteiger partial charge >= 0.3 is 0 Å². The second kappa shape index (κ2) is 8.20. The first-order valence-corrected chi connectivity index (χ1v) is 11.8. The molecule has 2 aliphatic heterocycles. The summed E-state index contributed by atoms with van der Waals surface area (Å²) in [5, 5.41) is 0. The number of aromatic nitrogens is 2. The Hall–Kier alpha value is -3.52. The number of aryl methyl sites for hydroxylation is 4. The number of hydrogen-bond acceptors (Lipinski definition) is 0. The maximum atomic E-state index is 2.46. The molecule has 0 bridgehead atoms. The lowest BCUT2D eigenvalue weighted by atomic mass is 9.88. The van der Waals surface area contributed by atoms with Crippen LogP contribution in [-0.2, 0) is 25.9 Å². The molecule has 0 radical (unpaired) electrons. The van der Waals surface area contributed by atoms with Crippen molar-refractivity contribution in [1.82, 2.24) is 0 Å². The Morgan fingerprint density at radius 3 is 2.00 bits per heavy atom. The zero-order chi connectivity index (χ0) is 21.3. The number of rotatable bonds is 2. The molecule has 2 aromatic carbocycles. The molecular formula is C30H28N2+2. The Labute approximate surface area is 190 Å². The zero-order valence-electron chi connectivity index (χ0n) is 18.4. The summed E-state index contributed by atoms with van der Waals surface area (Å²) in [6.07, 6.45) is 13.6. The van der Waals surface area contributed by atoms with Crippen LogP contribution in [0.5, 0.6) is 0 Å². The molecule has 0 amide bonds. The molecule has 2 nitrogen and oxygen atoms in total. The van der Waals surface area contributed by atoms with Crippen molar-refractivity contribution >= 4 is 12.2 Å². The molecule has 32 heavy (non-hydrogen) atoms. The second-order valence-electron chi connectivity index (χ2n) is 8.90. The van der Waals surface area contributed by atoms with Gasteiger partial charge in [-0.25, -0.2) is 0 Å². The van der Waals surface area contributed by atoms with Gasteiger partial charge in [-0.05, 0) is 41.2 Å². The molecule has 0 fully saturated rings. The van der Waals surface area contributed by atoms with E-state index in [1.54, 1.807) is 0 Å². The highest BCUT2D eigenvalue weighted by atomic mass is 15.0. The molecule has 0 saturated heterocycles. The van der Waals surface area contributed by atoms with E-state index in [4.69, 9.17) is 0 Å². The molecule has 2 aromatic heterocycles. The van der Waals surface area contributed by atoms with Crippen LogP contribution in [0.15, 0.2) is 85.2 Å². The summed E-state index contributed by atoms with van der Waals surface area (Å²) in [6, 6.07) is 26.6. The van der Waals surface area contributed by atoms with E-state index < -0.39 is 0 Å². The molecular weight excluding hydrogens is 388 g/mol. The highest BCUT2D eigenvalue weighted by Gasteiger charge is 2.31. The molecule has 0 saturated carbocycles. The Kier molecular flexibility index (Phi) is 4.92. The molecule has 2 heteroatoms. The first-order valence-electron chi connectivity index (χ1n) is 11.8. The molecule has 4 aromatic rings. The third-order valence-electron chi connectivity index (χ3n) is 6.85. The quantitative estimate of drug-likeness (QED) is 0.373. The molecule has 0 spiro atoms. The maximum absolute atomic E-state index is 2.46. The Bertz CT molecular complexity index is 1320. The standard InChI is InChI=1S/C30H28N2/c1-2-8-23(9-3-1)13-14-24-17-21-32-20-7-11-26-16-15-25-10-6-19-31-18-5-4-12-27(31)29(25)30(26)28(32)22-24/h1-5,8-9,12-18,21-22H,6-7,10-11,19-20H2/q+2. The number of pyridine rings is 2. The van der Waals surface area contributed by atoms with Gasteiger partial charge in [0.05, 0.1) is 11.1 Å². The number of hydrogen-bond donors (Lipinski definition) is 0. The summed E-state index contributed by atoms with van der Waals surface area (Å²) in [6.45, 7) is 2.15. The molecule has 6 rings (SSSR count). The van der Waals surface area contributed by atoms with Crippen LogP contribution >= 0.6 is 0 Å². The summed E-state index contributed by atoms with van der Waals surface area (Å²) in [5.74, 6) is 0. The molecule has 0 unspecified atom stereocenters. The van der Waals surface area contributed by atoms with Crippen molar-refractivity contribution in [2.24, 2.45) is 0 Å². The smallest absolute Gasteiger partial charge is 0.198 e. The lowest BCUT2D eigenvalue weighted by Gasteiger charge is -2.13. The third kappa shape index (κ3) is 3.46. The number of fused-ring (bicyclic) bond motifs is 7. The average Bonchev–Trinajstić information content (AvgIpc) is 3.14. The van der Waals surface area contributed by atoms with Crippen LogP contribution in [0.3, 0.4) is 0 Å². The van der Waals surface area contributed by atoms with E-state index >= 15 is 0 Å². The van der Waals surface area contributed by atoms with E-state index in [-0.39, 0.29) is 0 Å². The van der Waals surface area contributed by atoms with Gasteiger partial charge in [-0.1, -0.05) is 54.6 Å². The lowest BCUT2D eigenvalue weighted by Crippen LogP contribution is -2.36. The van der Waals surface area contributed by atoms with Crippen molar-refractivity contribution in [3.63, 3.8) is 0 Å². The SMILES string of the molecule is C(=Cc1cc[n+]2c(c1)-c1c(ccc3c1-c1cccc[n+]1CCC3)CCC2)c1ccccc1. The van der Waals surface area contributed by atoms with Gasteiger partial charge < -0.3 is 0 Å². The van der Waals surface area contributed by atoms with Crippen LogP contribution in [0.4, 0.5) is 0 Å². The van der Waals surface area contributed by atoms with Crippen LogP contribution in [0.1, 0.15) is 35.1 Å². The molecule has 2 aliphatic rings. The molecule has 0 aliphatic carbocycles. The zero-order valence-corrected chi connectivity index (χ0v) is 18.4. The molecule has 4 heterocycles. The van der Waals surface area contributed by atoms with E-state index in [1.165, 1.54) is 57.6 Å². The van der Waals surface area contributed by atoms with Crippen molar-refractivity contribution in [2.75, 3.05) is 0 Å². The highest BCUT2D eigenvalue weighted by molar-refractivity contribution is 5.84. The van der Waals surface area contributed by atoms with Crippen molar-refractivity contribution in [3.8, 4) is 22.5 Å². The first-order chi connectivity index (χ1) is 15.9. The van der Waals surface area contributed by atoms with E-state index in [2.05, 4.69) is 106 Å². The van der Waals surface area contributed by atoms with Gasteiger partial charge in [0.25, 0.3) is 0 Å². The van der Waals surface area contributed by atoms with Gasteiger partial charge in [-0.2, -0.15) is 9.13 Å². The minimum absolute atomic E-state index is 1.07. The summed E-state index contributed by atoms with van der Waals surface area (Å²) in [4.78, 5) is 0. The van der Waals surface area contributed by atoms with Crippen molar-refractivity contribution in [3.05, 3.63) is 107 Å². The molecule has 156 valence electrons. The third-order valence-corrected chi connectivity index (χ3v) is 6.85. The average molecular weight is 417 g/mol. The van der Waals surface area contributed by atoms with Crippen molar-refractivity contribution in [2.45, 2.75) is 38.8 Å². The fourth-order valence-electron chi connectivity index (χ4n) is 5.28. The van der Waals surface area contributed by atoms with Crippen LogP contribution in [-0.4, -0.2) is 0 Å².